The first-order valence-electron chi connectivity index (χ1n) is 9.50. The van der Waals surface area contributed by atoms with Gasteiger partial charge in [0.05, 0.1) is 5.56 Å². The van der Waals surface area contributed by atoms with Crippen molar-refractivity contribution in [1.82, 2.24) is 4.57 Å². The van der Waals surface area contributed by atoms with Crippen LogP contribution in [0, 0.1) is 5.82 Å². The number of primary amides is 1. The van der Waals surface area contributed by atoms with E-state index < -0.39 is 30.2 Å². The highest BCUT2D eigenvalue weighted by Crippen LogP contribution is 2.22. The van der Waals surface area contributed by atoms with Crippen molar-refractivity contribution in [2.45, 2.75) is 19.9 Å². The van der Waals surface area contributed by atoms with Gasteiger partial charge in [-0.25, -0.2) is 9.18 Å². The second-order valence-electron chi connectivity index (χ2n) is 6.66. The summed E-state index contributed by atoms with van der Waals surface area (Å²) in [7, 11) is 0. The topological polar surface area (TPSA) is 94.6 Å². The van der Waals surface area contributed by atoms with Crippen LogP contribution in [0.2, 0.25) is 0 Å². The zero-order chi connectivity index (χ0) is 21.7. The molecule has 2 N–H and O–H groups in total. The molecule has 0 unspecified atom stereocenters. The first kappa shape index (κ1) is 21.0. The third-order valence-corrected chi connectivity index (χ3v) is 4.70. The van der Waals surface area contributed by atoms with Gasteiger partial charge in [0.1, 0.15) is 5.82 Å². The molecular weight excluding hydrogens is 389 g/mol. The highest BCUT2D eigenvalue weighted by molar-refractivity contribution is 6.05. The molecule has 7 nitrogen and oxygen atoms in total. The van der Waals surface area contributed by atoms with Crippen molar-refractivity contribution in [3.63, 3.8) is 0 Å². The van der Waals surface area contributed by atoms with E-state index in [4.69, 9.17) is 10.5 Å². The Kier molecular flexibility index (Phi) is 6.46. The van der Waals surface area contributed by atoms with Gasteiger partial charge in [-0.3, -0.25) is 9.59 Å². The maximum atomic E-state index is 13.2. The van der Waals surface area contributed by atoms with E-state index in [2.05, 4.69) is 0 Å². The van der Waals surface area contributed by atoms with Gasteiger partial charge in [-0.1, -0.05) is 18.2 Å². The summed E-state index contributed by atoms with van der Waals surface area (Å²) in [5.74, 6) is -2.21. The number of aryl methyl sites for hydroxylation is 1. The number of ether oxygens (including phenoxy) is 1. The third kappa shape index (κ3) is 4.65. The second-order valence-corrected chi connectivity index (χ2v) is 6.66. The van der Waals surface area contributed by atoms with Crippen molar-refractivity contribution < 1.29 is 23.5 Å². The van der Waals surface area contributed by atoms with E-state index in [9.17, 15) is 18.8 Å². The van der Waals surface area contributed by atoms with Crippen molar-refractivity contribution in [3.8, 4) is 0 Å². The molecule has 0 fully saturated rings. The molecule has 0 aliphatic carbocycles. The summed E-state index contributed by atoms with van der Waals surface area (Å²) in [4.78, 5) is 37.7. The summed E-state index contributed by atoms with van der Waals surface area (Å²) in [6, 6.07) is 12.6. The second kappa shape index (κ2) is 9.21. The van der Waals surface area contributed by atoms with E-state index in [1.54, 1.807) is 6.20 Å². The SMILES string of the molecule is CCn1cc(C(=O)OCC(=O)N(CCC(N)=O)c2ccc(F)cc2)c2ccccc21. The summed E-state index contributed by atoms with van der Waals surface area (Å²) < 4.78 is 20.4. The highest BCUT2D eigenvalue weighted by Gasteiger charge is 2.21. The van der Waals surface area contributed by atoms with Gasteiger partial charge in [0.2, 0.25) is 5.91 Å². The first-order chi connectivity index (χ1) is 14.4. The number of amides is 2. The van der Waals surface area contributed by atoms with Crippen LogP contribution in [-0.2, 0) is 20.9 Å². The number of carbonyl (C=O) groups excluding carboxylic acids is 3. The number of aromatic nitrogens is 1. The number of benzene rings is 2. The van der Waals surface area contributed by atoms with Crippen molar-refractivity contribution in [3.05, 3.63) is 66.1 Å². The normalized spacial score (nSPS) is 10.7. The van der Waals surface area contributed by atoms with Crippen LogP contribution in [0.1, 0.15) is 23.7 Å². The van der Waals surface area contributed by atoms with Crippen LogP contribution in [-0.4, -0.2) is 35.5 Å². The molecule has 3 rings (SSSR count). The number of fused-ring (bicyclic) bond motifs is 1. The van der Waals surface area contributed by atoms with Crippen molar-refractivity contribution in [2.24, 2.45) is 5.73 Å². The van der Waals surface area contributed by atoms with E-state index in [1.165, 1.54) is 29.2 Å². The van der Waals surface area contributed by atoms with Gasteiger partial charge in [0.15, 0.2) is 6.61 Å². The van der Waals surface area contributed by atoms with Crippen molar-refractivity contribution in [1.29, 1.82) is 0 Å². The zero-order valence-corrected chi connectivity index (χ0v) is 16.5. The third-order valence-electron chi connectivity index (χ3n) is 4.70. The largest absolute Gasteiger partial charge is 0.452 e. The molecule has 2 amide bonds. The van der Waals surface area contributed by atoms with Crippen LogP contribution in [0.5, 0.6) is 0 Å². The Labute approximate surface area is 172 Å². The van der Waals surface area contributed by atoms with Gasteiger partial charge in [-0.05, 0) is 37.3 Å². The molecular formula is C22H22FN3O4. The van der Waals surface area contributed by atoms with Gasteiger partial charge in [-0.2, -0.15) is 0 Å². The molecule has 0 spiro atoms. The number of para-hydroxylation sites is 1. The standard InChI is InChI=1S/C22H22FN3O4/c1-2-25-13-18(17-5-3-4-6-19(17)25)22(29)30-14-21(28)26(12-11-20(24)27)16-9-7-15(23)8-10-16/h3-10,13H,2,11-12,14H2,1H3,(H2,24,27). The molecule has 0 saturated heterocycles. The van der Waals surface area contributed by atoms with E-state index in [0.29, 0.717) is 17.8 Å². The minimum absolute atomic E-state index is 0.00745. The Bertz CT molecular complexity index is 1080. The minimum Gasteiger partial charge on any atom is -0.452 e. The molecule has 156 valence electrons. The summed E-state index contributed by atoms with van der Waals surface area (Å²) in [6.45, 7) is 2.11. The Hall–Kier alpha value is -3.68. The molecule has 30 heavy (non-hydrogen) atoms. The number of halogens is 1. The lowest BCUT2D eigenvalue weighted by Crippen LogP contribution is -2.37. The summed E-state index contributed by atoms with van der Waals surface area (Å²) >= 11 is 0. The predicted octanol–water partition coefficient (Wildman–Crippen LogP) is 2.87. The van der Waals surface area contributed by atoms with Crippen LogP contribution in [0.3, 0.4) is 0 Å². The monoisotopic (exact) mass is 411 g/mol. The number of hydrogen-bond donors (Lipinski definition) is 1. The summed E-state index contributed by atoms with van der Waals surface area (Å²) in [5, 5.41) is 0.737. The van der Waals surface area contributed by atoms with Crippen LogP contribution in [0.25, 0.3) is 10.9 Å². The Morgan fingerprint density at radius 2 is 1.80 bits per heavy atom. The fourth-order valence-corrected chi connectivity index (χ4v) is 3.19. The molecule has 0 atom stereocenters. The lowest BCUT2D eigenvalue weighted by atomic mass is 10.2. The van der Waals surface area contributed by atoms with Crippen LogP contribution >= 0.6 is 0 Å². The zero-order valence-electron chi connectivity index (χ0n) is 16.5. The maximum Gasteiger partial charge on any atom is 0.340 e. The van der Waals surface area contributed by atoms with Gasteiger partial charge in [-0.15, -0.1) is 0 Å². The molecule has 1 aromatic heterocycles. The Morgan fingerprint density at radius 3 is 2.47 bits per heavy atom. The average Bonchev–Trinajstić information content (AvgIpc) is 3.12. The van der Waals surface area contributed by atoms with E-state index in [0.717, 1.165) is 10.9 Å². The molecule has 0 radical (unpaired) electrons. The molecule has 0 aliphatic rings. The fourth-order valence-electron chi connectivity index (χ4n) is 3.19. The minimum atomic E-state index is -0.624. The molecule has 1 heterocycles. The van der Waals surface area contributed by atoms with Gasteiger partial charge < -0.3 is 19.9 Å². The highest BCUT2D eigenvalue weighted by atomic mass is 19.1. The smallest absolute Gasteiger partial charge is 0.340 e. The number of carbonyl (C=O) groups is 3. The molecule has 0 aliphatic heterocycles. The number of esters is 1. The molecule has 0 saturated carbocycles. The summed E-state index contributed by atoms with van der Waals surface area (Å²) in [5.41, 5.74) is 6.82. The van der Waals surface area contributed by atoms with E-state index in [1.807, 2.05) is 35.8 Å². The average molecular weight is 411 g/mol. The summed E-state index contributed by atoms with van der Waals surface area (Å²) in [6.07, 6.45) is 1.61. The van der Waals surface area contributed by atoms with Gasteiger partial charge >= 0.3 is 5.97 Å². The number of nitrogens with zero attached hydrogens (tertiary/aromatic N) is 2. The molecule has 0 bridgehead atoms. The van der Waals surface area contributed by atoms with Crippen LogP contribution in [0.15, 0.2) is 54.7 Å². The van der Waals surface area contributed by atoms with Crippen LogP contribution < -0.4 is 10.6 Å². The molecule has 3 aromatic rings. The molecule has 8 heteroatoms. The quantitative estimate of drug-likeness (QED) is 0.577. The predicted molar refractivity (Wildman–Crippen MR) is 110 cm³/mol. The van der Waals surface area contributed by atoms with Crippen molar-refractivity contribution in [2.75, 3.05) is 18.1 Å². The number of nitrogens with two attached hydrogens (primary N) is 1. The number of rotatable bonds is 8. The van der Waals surface area contributed by atoms with Crippen LogP contribution in [0.4, 0.5) is 10.1 Å². The number of anilines is 1. The van der Waals surface area contributed by atoms with Gasteiger partial charge in [0, 0.05) is 42.3 Å². The Morgan fingerprint density at radius 1 is 1.10 bits per heavy atom. The van der Waals surface area contributed by atoms with E-state index >= 15 is 0 Å². The van der Waals surface area contributed by atoms with Crippen molar-refractivity contribution >= 4 is 34.4 Å². The lowest BCUT2D eigenvalue weighted by Gasteiger charge is -2.22. The number of hydrogen-bond acceptors (Lipinski definition) is 4. The fraction of sp³-hybridized carbons (Fsp3) is 0.227. The first-order valence-corrected chi connectivity index (χ1v) is 9.50. The van der Waals surface area contributed by atoms with Gasteiger partial charge in [0.25, 0.3) is 5.91 Å². The maximum absolute atomic E-state index is 13.2. The Balaban J connectivity index is 1.75. The van der Waals surface area contributed by atoms with E-state index in [-0.39, 0.29) is 13.0 Å². The lowest BCUT2D eigenvalue weighted by molar-refractivity contribution is -0.121. The molecule has 2 aromatic carbocycles.